The van der Waals surface area contributed by atoms with Gasteiger partial charge in [0.25, 0.3) is 0 Å². The average molecular weight is 268 g/mol. The van der Waals surface area contributed by atoms with E-state index in [1.165, 1.54) is 18.4 Å². The van der Waals surface area contributed by atoms with Crippen LogP contribution in [0.15, 0.2) is 23.8 Å². The van der Waals surface area contributed by atoms with Crippen molar-refractivity contribution < 1.29 is 9.90 Å². The molecule has 1 aliphatic carbocycles. The molecule has 0 aromatic rings. The maximum atomic E-state index is 10.6. The fourth-order valence-corrected chi connectivity index (χ4v) is 1.85. The molecule has 0 aromatic carbocycles. The molecule has 0 amide bonds. The lowest BCUT2D eigenvalue weighted by molar-refractivity contribution is -0.147. The molecule has 0 bridgehead atoms. The van der Waals surface area contributed by atoms with Crippen molar-refractivity contribution in [3.63, 3.8) is 0 Å². The van der Waals surface area contributed by atoms with Gasteiger partial charge in [0.2, 0.25) is 0 Å². The summed E-state index contributed by atoms with van der Waals surface area (Å²) in [5, 5.41) is 8.69. The SMILES string of the molecule is CC.CC(C)CC(C)(C)C(=O)O.CC1=CCCC=C1. The van der Waals surface area contributed by atoms with Gasteiger partial charge in [0.05, 0.1) is 5.41 Å². The number of carboxylic acid groups (broad SMARTS) is 1. The smallest absolute Gasteiger partial charge is 0.309 e. The van der Waals surface area contributed by atoms with E-state index in [0.717, 1.165) is 6.42 Å². The minimum atomic E-state index is -0.707. The largest absolute Gasteiger partial charge is 0.481 e. The Morgan fingerprint density at radius 3 is 2.00 bits per heavy atom. The van der Waals surface area contributed by atoms with E-state index in [0.29, 0.717) is 5.92 Å². The average Bonchev–Trinajstić information content (AvgIpc) is 2.31. The van der Waals surface area contributed by atoms with Crippen LogP contribution in [0.3, 0.4) is 0 Å². The van der Waals surface area contributed by atoms with Crippen molar-refractivity contribution in [2.45, 2.75) is 67.7 Å². The molecule has 2 nitrogen and oxygen atoms in total. The summed E-state index contributed by atoms with van der Waals surface area (Å²) in [4.78, 5) is 10.6. The molecule has 0 heterocycles. The Kier molecular flexibility index (Phi) is 11.6. The topological polar surface area (TPSA) is 37.3 Å². The summed E-state index contributed by atoms with van der Waals surface area (Å²) in [6, 6.07) is 0. The molecular weight excluding hydrogens is 236 g/mol. The first kappa shape index (κ1) is 20.3. The monoisotopic (exact) mass is 268 g/mol. The number of rotatable bonds is 3. The molecule has 19 heavy (non-hydrogen) atoms. The maximum absolute atomic E-state index is 10.6. The molecule has 0 radical (unpaired) electrons. The lowest BCUT2D eigenvalue weighted by Crippen LogP contribution is -2.25. The van der Waals surface area contributed by atoms with E-state index in [2.05, 4.69) is 25.2 Å². The van der Waals surface area contributed by atoms with Crippen LogP contribution in [-0.2, 0) is 4.79 Å². The molecule has 112 valence electrons. The van der Waals surface area contributed by atoms with Crippen molar-refractivity contribution >= 4 is 5.97 Å². The second-order valence-electron chi connectivity index (χ2n) is 5.71. The summed E-state index contributed by atoms with van der Waals surface area (Å²) in [7, 11) is 0. The van der Waals surface area contributed by atoms with Crippen LogP contribution < -0.4 is 0 Å². The number of allylic oxidation sites excluding steroid dienone is 4. The molecule has 0 spiro atoms. The Hall–Kier alpha value is -1.05. The van der Waals surface area contributed by atoms with Crippen LogP contribution in [0.4, 0.5) is 0 Å². The standard InChI is InChI=1S/C8H16O2.C7H10.C2H6/c1-6(2)5-8(3,4)7(9)10;1-7-5-3-2-4-6-7;1-2/h6H,5H2,1-4H3,(H,9,10);3,5-6H,2,4H2,1H3;1-2H3. The molecule has 0 aromatic heterocycles. The summed E-state index contributed by atoms with van der Waals surface area (Å²) in [5.74, 6) is -0.257. The van der Waals surface area contributed by atoms with Gasteiger partial charge in [-0.15, -0.1) is 0 Å². The molecular formula is C17H32O2. The first-order valence-corrected chi connectivity index (χ1v) is 7.32. The molecule has 0 saturated heterocycles. The Morgan fingerprint density at radius 1 is 1.32 bits per heavy atom. The van der Waals surface area contributed by atoms with Crippen LogP contribution in [0.25, 0.3) is 0 Å². The van der Waals surface area contributed by atoms with Gasteiger partial charge in [0.1, 0.15) is 0 Å². The van der Waals surface area contributed by atoms with Gasteiger partial charge in [-0.05, 0) is 46.0 Å². The third kappa shape index (κ3) is 11.8. The fraction of sp³-hybridized carbons (Fsp3) is 0.706. The van der Waals surface area contributed by atoms with Crippen molar-refractivity contribution in [3.05, 3.63) is 23.8 Å². The van der Waals surface area contributed by atoms with E-state index in [1.807, 2.05) is 27.7 Å². The summed E-state index contributed by atoms with van der Waals surface area (Å²) in [6.45, 7) is 13.7. The first-order chi connectivity index (χ1) is 8.75. The minimum Gasteiger partial charge on any atom is -0.481 e. The fourth-order valence-electron chi connectivity index (χ4n) is 1.85. The van der Waals surface area contributed by atoms with Crippen LogP contribution in [0, 0.1) is 11.3 Å². The number of hydrogen-bond acceptors (Lipinski definition) is 1. The molecule has 0 atom stereocenters. The Bertz CT molecular complexity index is 296. The van der Waals surface area contributed by atoms with Crippen molar-refractivity contribution in [1.29, 1.82) is 0 Å². The van der Waals surface area contributed by atoms with Crippen molar-refractivity contribution in [2.75, 3.05) is 0 Å². The second-order valence-corrected chi connectivity index (χ2v) is 5.71. The number of aliphatic carboxylic acids is 1. The van der Waals surface area contributed by atoms with Crippen LogP contribution in [0.5, 0.6) is 0 Å². The molecule has 2 heteroatoms. The summed E-state index contributed by atoms with van der Waals surface area (Å²) >= 11 is 0. The van der Waals surface area contributed by atoms with E-state index in [-0.39, 0.29) is 0 Å². The van der Waals surface area contributed by atoms with Crippen molar-refractivity contribution in [2.24, 2.45) is 11.3 Å². The zero-order chi connectivity index (χ0) is 15.5. The van der Waals surface area contributed by atoms with Gasteiger partial charge in [0.15, 0.2) is 0 Å². The van der Waals surface area contributed by atoms with E-state index >= 15 is 0 Å². The van der Waals surface area contributed by atoms with E-state index in [9.17, 15) is 4.79 Å². The summed E-state index contributed by atoms with van der Waals surface area (Å²) in [5.41, 5.74) is 0.847. The van der Waals surface area contributed by atoms with Crippen LogP contribution in [0.1, 0.15) is 67.7 Å². The summed E-state index contributed by atoms with van der Waals surface area (Å²) < 4.78 is 0. The highest BCUT2D eigenvalue weighted by Gasteiger charge is 2.27. The predicted molar refractivity (Wildman–Crippen MR) is 84.4 cm³/mol. The molecule has 1 N–H and O–H groups in total. The summed E-state index contributed by atoms with van der Waals surface area (Å²) in [6.07, 6.45) is 9.86. The zero-order valence-electron chi connectivity index (χ0n) is 13.8. The Balaban J connectivity index is 0. The van der Waals surface area contributed by atoms with Crippen LogP contribution in [-0.4, -0.2) is 11.1 Å². The number of carbonyl (C=O) groups is 1. The first-order valence-electron chi connectivity index (χ1n) is 7.32. The van der Waals surface area contributed by atoms with Gasteiger partial charge < -0.3 is 5.11 Å². The molecule has 0 unspecified atom stereocenters. The maximum Gasteiger partial charge on any atom is 0.309 e. The molecule has 1 rings (SSSR count). The third-order valence-electron chi connectivity index (χ3n) is 2.68. The molecule has 0 aliphatic heterocycles. The van der Waals surface area contributed by atoms with Gasteiger partial charge >= 0.3 is 5.97 Å². The van der Waals surface area contributed by atoms with E-state index in [4.69, 9.17) is 5.11 Å². The predicted octanol–water partition coefficient (Wildman–Crippen LogP) is 5.45. The van der Waals surface area contributed by atoms with Gasteiger partial charge in [-0.1, -0.05) is 51.5 Å². The van der Waals surface area contributed by atoms with Crippen molar-refractivity contribution in [3.8, 4) is 0 Å². The van der Waals surface area contributed by atoms with E-state index in [1.54, 1.807) is 13.8 Å². The number of carboxylic acids is 1. The Morgan fingerprint density at radius 2 is 1.84 bits per heavy atom. The van der Waals surface area contributed by atoms with Gasteiger partial charge in [-0.2, -0.15) is 0 Å². The van der Waals surface area contributed by atoms with Gasteiger partial charge in [-0.3, -0.25) is 4.79 Å². The second kappa shape index (κ2) is 10.8. The normalized spacial score (nSPS) is 13.8. The molecule has 0 fully saturated rings. The quantitative estimate of drug-likeness (QED) is 0.738. The lowest BCUT2D eigenvalue weighted by atomic mass is 9.84. The van der Waals surface area contributed by atoms with Crippen LogP contribution >= 0.6 is 0 Å². The number of hydrogen-bond donors (Lipinski definition) is 1. The lowest BCUT2D eigenvalue weighted by Gasteiger charge is -2.20. The van der Waals surface area contributed by atoms with Crippen molar-refractivity contribution in [1.82, 2.24) is 0 Å². The highest BCUT2D eigenvalue weighted by atomic mass is 16.4. The zero-order valence-corrected chi connectivity index (χ0v) is 13.8. The third-order valence-corrected chi connectivity index (χ3v) is 2.68. The minimum absolute atomic E-state index is 0.450. The highest BCUT2D eigenvalue weighted by molar-refractivity contribution is 5.73. The highest BCUT2D eigenvalue weighted by Crippen LogP contribution is 2.24. The van der Waals surface area contributed by atoms with E-state index < -0.39 is 11.4 Å². The van der Waals surface area contributed by atoms with Gasteiger partial charge in [0, 0.05) is 0 Å². The molecule has 1 aliphatic rings. The van der Waals surface area contributed by atoms with Gasteiger partial charge in [-0.25, -0.2) is 0 Å². The molecule has 0 saturated carbocycles. The Labute approximate surface area is 119 Å². The van der Waals surface area contributed by atoms with Crippen LogP contribution in [0.2, 0.25) is 0 Å².